The van der Waals surface area contributed by atoms with Gasteiger partial charge in [-0.05, 0) is 31.7 Å². The van der Waals surface area contributed by atoms with Crippen molar-refractivity contribution in [1.29, 1.82) is 0 Å². The first kappa shape index (κ1) is 14.0. The summed E-state index contributed by atoms with van der Waals surface area (Å²) < 4.78 is 2.04. The van der Waals surface area contributed by atoms with Gasteiger partial charge in [-0.15, -0.1) is 0 Å². The Bertz CT molecular complexity index is 551. The number of aliphatic hydroxyl groups is 2. The van der Waals surface area contributed by atoms with Crippen molar-refractivity contribution in [2.24, 2.45) is 0 Å². The van der Waals surface area contributed by atoms with Crippen LogP contribution in [0.2, 0.25) is 0 Å². The smallest absolute Gasteiger partial charge is 0.124 e. The van der Waals surface area contributed by atoms with Crippen LogP contribution < -0.4 is 0 Å². The second-order valence-electron chi connectivity index (χ2n) is 4.86. The Morgan fingerprint density at radius 3 is 2.74 bits per heavy atom. The quantitative estimate of drug-likeness (QED) is 0.808. The maximum absolute atomic E-state index is 9.21. The van der Waals surface area contributed by atoms with E-state index in [1.807, 2.05) is 29.5 Å². The zero-order valence-corrected chi connectivity index (χ0v) is 11.5. The van der Waals surface area contributed by atoms with Crippen LogP contribution in [-0.4, -0.2) is 51.5 Å². The average Bonchev–Trinajstić information content (AvgIpc) is 2.67. The van der Waals surface area contributed by atoms with Crippen LogP contribution in [-0.2, 0) is 13.1 Å². The van der Waals surface area contributed by atoms with Crippen molar-refractivity contribution in [3.63, 3.8) is 0 Å². The summed E-state index contributed by atoms with van der Waals surface area (Å²) in [5.74, 6) is 0.922. The normalized spacial score (nSPS) is 11.6. The Morgan fingerprint density at radius 1 is 1.26 bits per heavy atom. The molecule has 0 fully saturated rings. The Hall–Kier alpha value is -1.43. The van der Waals surface area contributed by atoms with Crippen molar-refractivity contribution in [3.8, 4) is 0 Å². The molecule has 0 bridgehead atoms. The Morgan fingerprint density at radius 2 is 2.05 bits per heavy atom. The number of benzene rings is 1. The maximum atomic E-state index is 9.21. The molecule has 0 saturated heterocycles. The number of fused-ring (bicyclic) bond motifs is 1. The van der Waals surface area contributed by atoms with Gasteiger partial charge < -0.3 is 14.8 Å². The largest absolute Gasteiger partial charge is 0.395 e. The van der Waals surface area contributed by atoms with Gasteiger partial charge in [0.05, 0.1) is 30.8 Å². The Labute approximate surface area is 113 Å². The molecule has 5 heteroatoms. The predicted molar refractivity (Wildman–Crippen MR) is 75.0 cm³/mol. The van der Waals surface area contributed by atoms with Gasteiger partial charge in [0.2, 0.25) is 0 Å². The summed E-state index contributed by atoms with van der Waals surface area (Å²) in [6.07, 6.45) is 0. The molecule has 1 heterocycles. The highest BCUT2D eigenvalue weighted by Gasteiger charge is 2.12. The number of nitrogens with zero attached hydrogens (tertiary/aromatic N) is 3. The minimum absolute atomic E-state index is 0.0933. The van der Waals surface area contributed by atoms with Gasteiger partial charge in [-0.2, -0.15) is 0 Å². The third-order valence-corrected chi connectivity index (χ3v) is 3.20. The first-order valence-corrected chi connectivity index (χ1v) is 6.51. The van der Waals surface area contributed by atoms with Gasteiger partial charge >= 0.3 is 0 Å². The first-order valence-electron chi connectivity index (χ1n) is 6.51. The molecule has 0 amide bonds. The first-order chi connectivity index (χ1) is 9.15. The standard InChI is InChI=1S/C14H21N3O2/c1-11-3-4-13-12(9-11)15-14(17(13)6-8-19)10-16(2)5-7-18/h3-4,9,18-19H,5-8,10H2,1-2H3. The molecular formula is C14H21N3O2. The summed E-state index contributed by atoms with van der Waals surface area (Å²) in [6, 6.07) is 6.15. The van der Waals surface area contributed by atoms with Gasteiger partial charge in [0.1, 0.15) is 5.82 Å². The fourth-order valence-corrected chi connectivity index (χ4v) is 2.25. The van der Waals surface area contributed by atoms with Crippen molar-refractivity contribution < 1.29 is 10.2 Å². The summed E-state index contributed by atoms with van der Waals surface area (Å²) in [6.45, 7) is 4.09. The average molecular weight is 263 g/mol. The second kappa shape index (κ2) is 6.14. The topological polar surface area (TPSA) is 61.5 Å². The number of likely N-dealkylation sites (N-methyl/N-ethyl adjacent to an activating group) is 1. The number of rotatable bonds is 6. The molecule has 19 heavy (non-hydrogen) atoms. The molecule has 2 rings (SSSR count). The van der Waals surface area contributed by atoms with E-state index in [0.717, 1.165) is 16.9 Å². The minimum Gasteiger partial charge on any atom is -0.395 e. The highest BCUT2D eigenvalue weighted by Crippen LogP contribution is 2.18. The lowest BCUT2D eigenvalue weighted by Gasteiger charge is -2.15. The number of hydrogen-bond acceptors (Lipinski definition) is 4. The van der Waals surface area contributed by atoms with Crippen LogP contribution in [0.25, 0.3) is 11.0 Å². The summed E-state index contributed by atoms with van der Waals surface area (Å²) in [7, 11) is 1.95. The molecule has 0 aliphatic carbocycles. The van der Waals surface area contributed by atoms with E-state index in [2.05, 4.69) is 17.1 Å². The summed E-state index contributed by atoms with van der Waals surface area (Å²) in [5.41, 5.74) is 3.18. The maximum Gasteiger partial charge on any atom is 0.124 e. The van der Waals surface area contributed by atoms with Crippen LogP contribution in [0.15, 0.2) is 18.2 Å². The number of hydrogen-bond donors (Lipinski definition) is 2. The van der Waals surface area contributed by atoms with Gasteiger partial charge in [-0.25, -0.2) is 4.98 Å². The number of aryl methyl sites for hydroxylation is 1. The molecule has 1 aromatic heterocycles. The van der Waals surface area contributed by atoms with Crippen molar-refractivity contribution in [2.75, 3.05) is 26.8 Å². The minimum atomic E-state index is 0.0933. The lowest BCUT2D eigenvalue weighted by atomic mass is 10.2. The highest BCUT2D eigenvalue weighted by molar-refractivity contribution is 5.76. The summed E-state index contributed by atoms with van der Waals surface area (Å²) in [4.78, 5) is 6.66. The third kappa shape index (κ3) is 3.12. The molecule has 0 spiro atoms. The van der Waals surface area contributed by atoms with Gasteiger partial charge in [-0.1, -0.05) is 6.07 Å². The van der Waals surface area contributed by atoms with Crippen LogP contribution in [0.4, 0.5) is 0 Å². The number of aliphatic hydroxyl groups excluding tert-OH is 2. The molecule has 2 N–H and O–H groups in total. The lowest BCUT2D eigenvalue weighted by Crippen LogP contribution is -2.24. The summed E-state index contributed by atoms with van der Waals surface area (Å²) >= 11 is 0. The van der Waals surface area contributed by atoms with Crippen molar-refractivity contribution in [1.82, 2.24) is 14.5 Å². The van der Waals surface area contributed by atoms with Gasteiger partial charge in [-0.3, -0.25) is 4.90 Å². The Kier molecular flexibility index (Phi) is 4.52. The molecule has 0 unspecified atom stereocenters. The van der Waals surface area contributed by atoms with Crippen LogP contribution in [0.1, 0.15) is 11.4 Å². The van der Waals surface area contributed by atoms with Crippen LogP contribution in [0.5, 0.6) is 0 Å². The zero-order valence-electron chi connectivity index (χ0n) is 11.5. The second-order valence-corrected chi connectivity index (χ2v) is 4.86. The highest BCUT2D eigenvalue weighted by atomic mass is 16.3. The predicted octanol–water partition coefficient (Wildman–Crippen LogP) is 0.761. The molecule has 0 saturated carbocycles. The van der Waals surface area contributed by atoms with E-state index in [4.69, 9.17) is 5.11 Å². The van der Waals surface area contributed by atoms with Crippen LogP contribution >= 0.6 is 0 Å². The van der Waals surface area contributed by atoms with Crippen LogP contribution in [0.3, 0.4) is 0 Å². The van der Waals surface area contributed by atoms with E-state index in [0.29, 0.717) is 19.6 Å². The van der Waals surface area contributed by atoms with Crippen LogP contribution in [0, 0.1) is 6.92 Å². The van der Waals surface area contributed by atoms with Gasteiger partial charge in [0.25, 0.3) is 0 Å². The van der Waals surface area contributed by atoms with E-state index >= 15 is 0 Å². The molecular weight excluding hydrogens is 242 g/mol. The molecule has 0 radical (unpaired) electrons. The number of imidazole rings is 1. The monoisotopic (exact) mass is 263 g/mol. The third-order valence-electron chi connectivity index (χ3n) is 3.20. The zero-order chi connectivity index (χ0) is 13.8. The van der Waals surface area contributed by atoms with Crippen molar-refractivity contribution in [2.45, 2.75) is 20.0 Å². The van der Waals surface area contributed by atoms with Gasteiger partial charge in [0.15, 0.2) is 0 Å². The molecule has 0 atom stereocenters. The fourth-order valence-electron chi connectivity index (χ4n) is 2.25. The SMILES string of the molecule is Cc1ccc2c(c1)nc(CN(C)CCO)n2CCO. The van der Waals surface area contributed by atoms with Gasteiger partial charge in [0, 0.05) is 13.1 Å². The van der Waals surface area contributed by atoms with Crippen molar-refractivity contribution in [3.05, 3.63) is 29.6 Å². The Balaban J connectivity index is 2.38. The van der Waals surface area contributed by atoms with E-state index in [1.54, 1.807) is 0 Å². The van der Waals surface area contributed by atoms with E-state index < -0.39 is 0 Å². The molecule has 2 aromatic rings. The van der Waals surface area contributed by atoms with Crippen molar-refractivity contribution >= 4 is 11.0 Å². The summed E-state index contributed by atoms with van der Waals surface area (Å²) in [5, 5.41) is 18.2. The van der Waals surface area contributed by atoms with E-state index in [-0.39, 0.29) is 13.2 Å². The molecule has 5 nitrogen and oxygen atoms in total. The molecule has 104 valence electrons. The molecule has 1 aromatic carbocycles. The fraction of sp³-hybridized carbons (Fsp3) is 0.500. The molecule has 0 aliphatic rings. The van der Waals surface area contributed by atoms with E-state index in [9.17, 15) is 5.11 Å². The number of aromatic nitrogens is 2. The molecule has 0 aliphatic heterocycles. The van der Waals surface area contributed by atoms with E-state index in [1.165, 1.54) is 5.56 Å². The lowest BCUT2D eigenvalue weighted by molar-refractivity contribution is 0.211.